The second kappa shape index (κ2) is 5.08. The highest BCUT2D eigenvalue weighted by atomic mass is 16.1. The number of pyridine rings is 1. The maximum Gasteiger partial charge on any atom is 0.169 e. The Balaban J connectivity index is 2.08. The van der Waals surface area contributed by atoms with Crippen molar-refractivity contribution in [2.24, 2.45) is 0 Å². The van der Waals surface area contributed by atoms with E-state index in [2.05, 4.69) is 23.2 Å². The molecule has 0 saturated heterocycles. The molecule has 2 heteroatoms. The van der Waals surface area contributed by atoms with Crippen molar-refractivity contribution in [3.8, 4) is 11.1 Å². The molecule has 0 unspecified atom stereocenters. The lowest BCUT2D eigenvalue weighted by molar-refractivity contribution is 0.112. The minimum absolute atomic E-state index is 0.482. The van der Waals surface area contributed by atoms with Crippen molar-refractivity contribution in [2.75, 3.05) is 0 Å². The number of hydrogen-bond donors (Lipinski definition) is 0. The van der Waals surface area contributed by atoms with Crippen LogP contribution in [0.4, 0.5) is 0 Å². The van der Waals surface area contributed by atoms with E-state index < -0.39 is 0 Å². The molecule has 22 heavy (non-hydrogen) atoms. The predicted octanol–water partition coefficient (Wildman–Crippen LogP) is 4.87. The summed E-state index contributed by atoms with van der Waals surface area (Å²) < 4.78 is 0. The molecule has 104 valence electrons. The lowest BCUT2D eigenvalue weighted by Gasteiger charge is -2.09. The molecule has 0 aliphatic carbocycles. The van der Waals surface area contributed by atoms with Crippen molar-refractivity contribution < 1.29 is 4.79 Å². The molecular weight excluding hydrogens is 270 g/mol. The van der Waals surface area contributed by atoms with Gasteiger partial charge in [-0.2, -0.15) is 0 Å². The van der Waals surface area contributed by atoms with Crippen LogP contribution in [0.5, 0.6) is 0 Å². The second-order valence-corrected chi connectivity index (χ2v) is 5.26. The molecule has 4 rings (SSSR count). The van der Waals surface area contributed by atoms with Gasteiger partial charge in [0.25, 0.3) is 0 Å². The van der Waals surface area contributed by atoms with Crippen LogP contribution >= 0.6 is 0 Å². The Labute approximate surface area is 128 Å². The highest BCUT2D eigenvalue weighted by Gasteiger charge is 2.10. The van der Waals surface area contributed by atoms with E-state index in [1.807, 2.05) is 54.6 Å². The summed E-state index contributed by atoms with van der Waals surface area (Å²) in [4.78, 5) is 16.1. The summed E-state index contributed by atoms with van der Waals surface area (Å²) in [6, 6.07) is 24.2. The molecule has 0 amide bonds. The molecule has 0 aliphatic rings. The molecule has 0 saturated carbocycles. The molecule has 0 bridgehead atoms. The summed E-state index contributed by atoms with van der Waals surface area (Å²) in [5, 5.41) is 3.25. The number of aldehydes is 1. The average molecular weight is 283 g/mol. The third-order valence-electron chi connectivity index (χ3n) is 3.94. The first-order valence-corrected chi connectivity index (χ1v) is 7.20. The standard InChI is InChI=1S/C20H13NO/c22-13-19-18(14-6-2-1-3-7-14)12-16-11-10-15-8-4-5-9-17(15)20(16)21-19/h1-13H. The maximum absolute atomic E-state index is 11.5. The molecule has 4 aromatic rings. The lowest BCUT2D eigenvalue weighted by atomic mass is 9.99. The van der Waals surface area contributed by atoms with E-state index in [9.17, 15) is 4.79 Å². The van der Waals surface area contributed by atoms with Crippen LogP contribution in [0.1, 0.15) is 10.5 Å². The van der Waals surface area contributed by atoms with Crippen LogP contribution in [0.2, 0.25) is 0 Å². The molecular formula is C20H13NO. The number of carbonyl (C=O) groups excluding carboxylic acids is 1. The Morgan fingerprint density at radius 3 is 2.32 bits per heavy atom. The van der Waals surface area contributed by atoms with Crippen molar-refractivity contribution in [3.05, 3.63) is 78.5 Å². The number of aromatic nitrogens is 1. The number of carbonyl (C=O) groups is 1. The van der Waals surface area contributed by atoms with Crippen LogP contribution in [-0.4, -0.2) is 11.3 Å². The Hall–Kier alpha value is -3.00. The molecule has 0 N–H and O–H groups in total. The van der Waals surface area contributed by atoms with Crippen LogP contribution in [-0.2, 0) is 0 Å². The van der Waals surface area contributed by atoms with Crippen molar-refractivity contribution >= 4 is 28.0 Å². The summed E-state index contributed by atoms with van der Waals surface area (Å²) in [5.74, 6) is 0. The number of hydrogen-bond acceptors (Lipinski definition) is 2. The van der Waals surface area contributed by atoms with Gasteiger partial charge >= 0.3 is 0 Å². The number of rotatable bonds is 2. The Kier molecular flexibility index (Phi) is 2.94. The van der Waals surface area contributed by atoms with Crippen LogP contribution in [0.3, 0.4) is 0 Å². The number of fused-ring (bicyclic) bond motifs is 3. The van der Waals surface area contributed by atoms with Gasteiger partial charge in [-0.05, 0) is 17.0 Å². The number of benzene rings is 3. The third-order valence-corrected chi connectivity index (χ3v) is 3.94. The lowest BCUT2D eigenvalue weighted by Crippen LogP contribution is -1.94. The van der Waals surface area contributed by atoms with Crippen LogP contribution in [0.15, 0.2) is 72.8 Å². The van der Waals surface area contributed by atoms with Gasteiger partial charge in [0, 0.05) is 16.3 Å². The van der Waals surface area contributed by atoms with E-state index in [1.165, 1.54) is 0 Å². The fraction of sp³-hybridized carbons (Fsp3) is 0. The van der Waals surface area contributed by atoms with E-state index in [4.69, 9.17) is 0 Å². The van der Waals surface area contributed by atoms with E-state index in [0.717, 1.165) is 39.1 Å². The predicted molar refractivity (Wildman–Crippen MR) is 90.1 cm³/mol. The molecule has 0 radical (unpaired) electrons. The molecule has 0 fully saturated rings. The van der Waals surface area contributed by atoms with Gasteiger partial charge in [0.05, 0.1) is 5.52 Å². The highest BCUT2D eigenvalue weighted by molar-refractivity contribution is 6.07. The van der Waals surface area contributed by atoms with Crippen molar-refractivity contribution in [2.45, 2.75) is 0 Å². The molecule has 3 aromatic carbocycles. The summed E-state index contributed by atoms with van der Waals surface area (Å²) >= 11 is 0. The monoisotopic (exact) mass is 283 g/mol. The van der Waals surface area contributed by atoms with Gasteiger partial charge in [-0.15, -0.1) is 0 Å². The Morgan fingerprint density at radius 2 is 1.50 bits per heavy atom. The summed E-state index contributed by atoms with van der Waals surface area (Å²) in [5.41, 5.74) is 3.24. The smallest absolute Gasteiger partial charge is 0.169 e. The highest BCUT2D eigenvalue weighted by Crippen LogP contribution is 2.29. The third kappa shape index (κ3) is 1.97. The van der Waals surface area contributed by atoms with Gasteiger partial charge in [0.15, 0.2) is 6.29 Å². The molecule has 0 aliphatic heterocycles. The van der Waals surface area contributed by atoms with Gasteiger partial charge in [-0.1, -0.05) is 66.7 Å². The van der Waals surface area contributed by atoms with E-state index in [0.29, 0.717) is 5.69 Å². The molecule has 0 atom stereocenters. The summed E-state index contributed by atoms with van der Waals surface area (Å²) in [6.45, 7) is 0. The molecule has 0 spiro atoms. The van der Waals surface area contributed by atoms with Gasteiger partial charge in [0.1, 0.15) is 5.69 Å². The average Bonchev–Trinajstić information content (AvgIpc) is 2.61. The molecule has 1 heterocycles. The van der Waals surface area contributed by atoms with Gasteiger partial charge in [-0.3, -0.25) is 4.79 Å². The first-order valence-electron chi connectivity index (χ1n) is 7.20. The van der Waals surface area contributed by atoms with E-state index >= 15 is 0 Å². The largest absolute Gasteiger partial charge is 0.296 e. The zero-order valence-electron chi connectivity index (χ0n) is 11.9. The molecule has 2 nitrogen and oxygen atoms in total. The van der Waals surface area contributed by atoms with Crippen LogP contribution in [0.25, 0.3) is 32.8 Å². The van der Waals surface area contributed by atoms with Gasteiger partial charge in [0.2, 0.25) is 0 Å². The van der Waals surface area contributed by atoms with Crippen molar-refractivity contribution in [1.82, 2.24) is 4.98 Å². The van der Waals surface area contributed by atoms with Crippen LogP contribution in [0, 0.1) is 0 Å². The fourth-order valence-electron chi connectivity index (χ4n) is 2.86. The Morgan fingerprint density at radius 1 is 0.773 bits per heavy atom. The minimum Gasteiger partial charge on any atom is -0.296 e. The normalized spacial score (nSPS) is 10.9. The first-order chi connectivity index (χ1) is 10.9. The Bertz CT molecular complexity index is 990. The minimum atomic E-state index is 0.482. The quantitative estimate of drug-likeness (QED) is 0.388. The number of nitrogens with zero attached hydrogens (tertiary/aromatic N) is 1. The molecule has 1 aromatic heterocycles. The van der Waals surface area contributed by atoms with E-state index in [1.54, 1.807) is 0 Å². The zero-order chi connectivity index (χ0) is 14.9. The fourth-order valence-corrected chi connectivity index (χ4v) is 2.86. The first kappa shape index (κ1) is 12.7. The van der Waals surface area contributed by atoms with Gasteiger partial charge < -0.3 is 0 Å². The topological polar surface area (TPSA) is 30.0 Å². The summed E-state index contributed by atoms with van der Waals surface area (Å²) in [7, 11) is 0. The maximum atomic E-state index is 11.5. The van der Waals surface area contributed by atoms with Gasteiger partial charge in [-0.25, -0.2) is 4.98 Å². The second-order valence-electron chi connectivity index (χ2n) is 5.26. The van der Waals surface area contributed by atoms with Crippen molar-refractivity contribution in [1.29, 1.82) is 0 Å². The van der Waals surface area contributed by atoms with E-state index in [-0.39, 0.29) is 0 Å². The SMILES string of the molecule is O=Cc1nc2c(ccc3ccccc32)cc1-c1ccccc1. The van der Waals surface area contributed by atoms with Crippen molar-refractivity contribution in [3.63, 3.8) is 0 Å². The zero-order valence-corrected chi connectivity index (χ0v) is 11.9. The van der Waals surface area contributed by atoms with Crippen LogP contribution < -0.4 is 0 Å². The summed E-state index contributed by atoms with van der Waals surface area (Å²) in [6.07, 6.45) is 0.837.